The van der Waals surface area contributed by atoms with Crippen molar-refractivity contribution in [1.29, 1.82) is 0 Å². The third-order valence-electron chi connectivity index (χ3n) is 3.17. The number of carbonyl (C=O) groups excluding carboxylic acids is 4. The van der Waals surface area contributed by atoms with Gasteiger partial charge in [0.1, 0.15) is 0 Å². The molecule has 0 radical (unpaired) electrons. The number of ketones is 2. The fraction of sp³-hybridized carbons (Fsp3) is 0.0588. The summed E-state index contributed by atoms with van der Waals surface area (Å²) >= 11 is 0. The minimum absolute atomic E-state index is 0.158. The number of carbonyl (C=O) groups is 4. The van der Waals surface area contributed by atoms with Crippen molar-refractivity contribution < 1.29 is 19.2 Å². The number of hydrazine groups is 1. The van der Waals surface area contributed by atoms with Crippen molar-refractivity contribution >= 4 is 29.1 Å². The molecule has 122 valence electrons. The highest BCUT2D eigenvalue weighted by atomic mass is 16.2. The van der Waals surface area contributed by atoms with E-state index in [4.69, 9.17) is 5.73 Å². The molecule has 0 aliphatic carbocycles. The quantitative estimate of drug-likeness (QED) is 0.248. The van der Waals surface area contributed by atoms with Gasteiger partial charge < -0.3 is 5.73 Å². The molecule has 0 aliphatic rings. The van der Waals surface area contributed by atoms with Crippen LogP contribution >= 0.6 is 0 Å². The van der Waals surface area contributed by atoms with Gasteiger partial charge in [0, 0.05) is 11.3 Å². The molecular weight excluding hydrogens is 310 g/mol. The molecule has 7 nitrogen and oxygen atoms in total. The molecule has 0 saturated heterocycles. The van der Waals surface area contributed by atoms with Crippen molar-refractivity contribution in [3.8, 4) is 0 Å². The maximum atomic E-state index is 11.9. The minimum atomic E-state index is -1.08. The molecule has 2 aromatic rings. The summed E-state index contributed by atoms with van der Waals surface area (Å²) in [6.07, 6.45) is -0.584. The van der Waals surface area contributed by atoms with Crippen LogP contribution < -0.4 is 16.6 Å². The van der Waals surface area contributed by atoms with Crippen molar-refractivity contribution in [3.05, 3.63) is 65.7 Å². The zero-order valence-electron chi connectivity index (χ0n) is 12.6. The first-order valence-electron chi connectivity index (χ1n) is 7.05. The van der Waals surface area contributed by atoms with Crippen LogP contribution in [0, 0.1) is 0 Å². The van der Waals surface area contributed by atoms with E-state index in [1.165, 1.54) is 12.1 Å². The SMILES string of the molecule is Nc1ccccc1C(=O)NNC(=O)C(=O)CC(=O)c1ccccc1. The first-order valence-corrected chi connectivity index (χ1v) is 7.05. The minimum Gasteiger partial charge on any atom is -0.398 e. The number of amides is 2. The van der Waals surface area contributed by atoms with Gasteiger partial charge in [-0.05, 0) is 12.1 Å². The van der Waals surface area contributed by atoms with E-state index >= 15 is 0 Å². The molecule has 0 saturated carbocycles. The van der Waals surface area contributed by atoms with Gasteiger partial charge >= 0.3 is 5.91 Å². The topological polar surface area (TPSA) is 118 Å². The van der Waals surface area contributed by atoms with E-state index in [2.05, 4.69) is 5.43 Å². The average molecular weight is 325 g/mol. The van der Waals surface area contributed by atoms with E-state index in [1.54, 1.807) is 42.5 Å². The number of rotatable bonds is 5. The number of para-hydroxylation sites is 1. The van der Waals surface area contributed by atoms with Gasteiger partial charge in [-0.25, -0.2) is 0 Å². The van der Waals surface area contributed by atoms with Gasteiger partial charge in [-0.1, -0.05) is 42.5 Å². The Morgan fingerprint density at radius 3 is 2.12 bits per heavy atom. The molecule has 2 aromatic carbocycles. The molecular formula is C17H15N3O4. The molecule has 0 heterocycles. The molecule has 2 rings (SSSR count). The van der Waals surface area contributed by atoms with Crippen LogP contribution in [0.5, 0.6) is 0 Å². The predicted octanol–water partition coefficient (Wildman–Crippen LogP) is 0.872. The lowest BCUT2D eigenvalue weighted by atomic mass is 10.1. The van der Waals surface area contributed by atoms with Crippen molar-refractivity contribution in [2.24, 2.45) is 0 Å². The number of Topliss-reactive ketones (excluding diaryl/α,β-unsaturated/α-hetero) is 2. The average Bonchev–Trinajstić information content (AvgIpc) is 2.60. The van der Waals surface area contributed by atoms with Crippen molar-refractivity contribution in [1.82, 2.24) is 10.9 Å². The Hall–Kier alpha value is -3.48. The van der Waals surface area contributed by atoms with E-state index in [1.807, 2.05) is 5.43 Å². The Labute approximate surface area is 137 Å². The second kappa shape index (κ2) is 7.68. The highest BCUT2D eigenvalue weighted by Crippen LogP contribution is 2.09. The smallest absolute Gasteiger partial charge is 0.306 e. The fourth-order valence-electron chi connectivity index (χ4n) is 1.91. The van der Waals surface area contributed by atoms with Gasteiger partial charge in [-0.15, -0.1) is 0 Å². The van der Waals surface area contributed by atoms with E-state index in [0.717, 1.165) is 0 Å². The zero-order valence-corrected chi connectivity index (χ0v) is 12.6. The molecule has 0 aromatic heterocycles. The molecule has 0 bridgehead atoms. The zero-order chi connectivity index (χ0) is 17.5. The first kappa shape index (κ1) is 16.9. The number of nitrogens with one attached hydrogen (secondary N) is 2. The predicted molar refractivity (Wildman–Crippen MR) is 86.9 cm³/mol. The highest BCUT2D eigenvalue weighted by Gasteiger charge is 2.19. The molecule has 0 aliphatic heterocycles. The number of benzene rings is 2. The number of nitrogens with two attached hydrogens (primary N) is 1. The van der Waals surface area contributed by atoms with Gasteiger partial charge in [-0.3, -0.25) is 30.0 Å². The second-order valence-corrected chi connectivity index (χ2v) is 4.88. The number of hydrogen-bond donors (Lipinski definition) is 3. The van der Waals surface area contributed by atoms with Crippen LogP contribution in [0.15, 0.2) is 54.6 Å². The van der Waals surface area contributed by atoms with Crippen LogP contribution in [0.1, 0.15) is 27.1 Å². The second-order valence-electron chi connectivity index (χ2n) is 4.88. The Morgan fingerprint density at radius 2 is 1.46 bits per heavy atom. The summed E-state index contributed by atoms with van der Waals surface area (Å²) in [5.74, 6) is -3.18. The van der Waals surface area contributed by atoms with E-state index < -0.39 is 29.8 Å². The molecule has 0 fully saturated rings. The van der Waals surface area contributed by atoms with Crippen LogP contribution in [0.3, 0.4) is 0 Å². The summed E-state index contributed by atoms with van der Waals surface area (Å²) in [5.41, 5.74) is 10.4. The standard InChI is InChI=1S/C17H15N3O4/c18-13-9-5-4-8-12(13)16(23)19-20-17(24)15(22)10-14(21)11-6-2-1-3-7-11/h1-9H,10,18H2,(H,19,23)(H,20,24). The molecule has 2 amide bonds. The Balaban J connectivity index is 1.88. The lowest BCUT2D eigenvalue weighted by molar-refractivity contribution is -0.137. The third-order valence-corrected chi connectivity index (χ3v) is 3.17. The summed E-state index contributed by atoms with van der Waals surface area (Å²) in [7, 11) is 0. The summed E-state index contributed by atoms with van der Waals surface area (Å²) in [4.78, 5) is 47.1. The van der Waals surface area contributed by atoms with Crippen molar-refractivity contribution in [2.75, 3.05) is 5.73 Å². The fourth-order valence-corrected chi connectivity index (χ4v) is 1.91. The normalized spacial score (nSPS) is 9.83. The van der Waals surface area contributed by atoms with Crippen molar-refractivity contribution in [2.45, 2.75) is 6.42 Å². The number of anilines is 1. The Kier molecular flexibility index (Phi) is 5.40. The monoisotopic (exact) mass is 325 g/mol. The lowest BCUT2D eigenvalue weighted by Gasteiger charge is -2.08. The molecule has 0 unspecified atom stereocenters. The molecule has 0 atom stereocenters. The number of nitrogen functional groups attached to an aromatic ring is 1. The largest absolute Gasteiger partial charge is 0.398 e. The van der Waals surface area contributed by atoms with E-state index in [-0.39, 0.29) is 11.3 Å². The summed E-state index contributed by atoms with van der Waals surface area (Å²) < 4.78 is 0. The van der Waals surface area contributed by atoms with E-state index in [0.29, 0.717) is 5.56 Å². The molecule has 0 spiro atoms. The molecule has 7 heteroatoms. The van der Waals surface area contributed by atoms with Gasteiger partial charge in [0.25, 0.3) is 5.91 Å². The summed E-state index contributed by atoms with van der Waals surface area (Å²) in [5, 5.41) is 0. The maximum Gasteiger partial charge on any atom is 0.306 e. The Morgan fingerprint density at radius 1 is 0.833 bits per heavy atom. The molecule has 24 heavy (non-hydrogen) atoms. The lowest BCUT2D eigenvalue weighted by Crippen LogP contribution is -2.45. The van der Waals surface area contributed by atoms with Crippen LogP contribution in [0.4, 0.5) is 5.69 Å². The maximum absolute atomic E-state index is 11.9. The third kappa shape index (κ3) is 4.26. The summed E-state index contributed by atoms with van der Waals surface area (Å²) in [6.45, 7) is 0. The number of hydrogen-bond acceptors (Lipinski definition) is 5. The van der Waals surface area contributed by atoms with Crippen LogP contribution in [-0.4, -0.2) is 23.4 Å². The molecule has 4 N–H and O–H groups in total. The van der Waals surface area contributed by atoms with Crippen LogP contribution in [0.25, 0.3) is 0 Å². The van der Waals surface area contributed by atoms with Gasteiger partial charge in [0.2, 0.25) is 5.78 Å². The highest BCUT2D eigenvalue weighted by molar-refractivity contribution is 6.40. The Bertz CT molecular complexity index is 787. The van der Waals surface area contributed by atoms with Crippen molar-refractivity contribution in [3.63, 3.8) is 0 Å². The summed E-state index contributed by atoms with van der Waals surface area (Å²) in [6, 6.07) is 14.4. The van der Waals surface area contributed by atoms with Crippen LogP contribution in [0.2, 0.25) is 0 Å². The van der Waals surface area contributed by atoms with Gasteiger partial charge in [0.15, 0.2) is 5.78 Å². The van der Waals surface area contributed by atoms with Gasteiger partial charge in [-0.2, -0.15) is 0 Å². The first-order chi connectivity index (χ1) is 11.5. The van der Waals surface area contributed by atoms with Gasteiger partial charge in [0.05, 0.1) is 12.0 Å². The van der Waals surface area contributed by atoms with E-state index in [9.17, 15) is 19.2 Å². The van der Waals surface area contributed by atoms with Crippen LogP contribution in [-0.2, 0) is 9.59 Å².